The topological polar surface area (TPSA) is 99.1 Å². The van der Waals surface area contributed by atoms with E-state index in [0.29, 0.717) is 6.42 Å². The molecule has 7 nitrogen and oxygen atoms in total. The highest BCUT2D eigenvalue weighted by Gasteiger charge is 2.30. The largest absolute Gasteiger partial charge is 0.461 e. The van der Waals surface area contributed by atoms with Crippen LogP contribution in [-0.2, 0) is 29.0 Å². The maximum Gasteiger partial charge on any atom is 0.364 e. The predicted molar refractivity (Wildman–Crippen MR) is 62.9 cm³/mol. The van der Waals surface area contributed by atoms with Crippen molar-refractivity contribution in [3.63, 3.8) is 0 Å². The van der Waals surface area contributed by atoms with Crippen molar-refractivity contribution in [3.05, 3.63) is 0 Å². The minimum atomic E-state index is -3.09. The third-order valence-electron chi connectivity index (χ3n) is 2.29. The van der Waals surface area contributed by atoms with E-state index in [1.807, 2.05) is 0 Å². The quantitative estimate of drug-likeness (QED) is 0.296. The van der Waals surface area contributed by atoms with Crippen LogP contribution >= 0.6 is 0 Å². The van der Waals surface area contributed by atoms with Gasteiger partial charge in [0.25, 0.3) is 0 Å². The number of carbonyl (C=O) groups excluding carboxylic acids is 2. The van der Waals surface area contributed by atoms with Gasteiger partial charge in [0.2, 0.25) is 5.71 Å². The lowest BCUT2D eigenvalue weighted by molar-refractivity contribution is -0.136. The number of ketones is 1. The summed E-state index contributed by atoms with van der Waals surface area (Å²) in [6.07, 6.45) is -0.307. The molecule has 0 aromatic rings. The molecule has 0 amide bonds. The van der Waals surface area contributed by atoms with Crippen LogP contribution in [0.2, 0.25) is 0 Å². The lowest BCUT2D eigenvalue weighted by atomic mass is 10.3. The number of rotatable bonds is 5. The van der Waals surface area contributed by atoms with Gasteiger partial charge in [0.15, 0.2) is 15.6 Å². The van der Waals surface area contributed by atoms with Gasteiger partial charge in [-0.25, -0.2) is 13.2 Å². The number of nitrogens with zero attached hydrogens (tertiary/aromatic N) is 1. The van der Waals surface area contributed by atoms with E-state index >= 15 is 0 Å². The molecule has 0 radical (unpaired) electrons. The molecule has 0 N–H and O–H groups in total. The molecule has 8 heteroatoms. The maximum absolute atomic E-state index is 11.3. The molecule has 0 saturated carbocycles. The fraction of sp³-hybridized carbons (Fsp3) is 0.700. The van der Waals surface area contributed by atoms with E-state index in [1.54, 1.807) is 6.92 Å². The summed E-state index contributed by atoms with van der Waals surface area (Å²) < 4.78 is 27.0. The molecule has 1 aliphatic heterocycles. The highest BCUT2D eigenvalue weighted by molar-refractivity contribution is 7.91. The lowest BCUT2D eigenvalue weighted by Crippen LogP contribution is -2.26. The number of sulfone groups is 1. The van der Waals surface area contributed by atoms with E-state index in [2.05, 4.69) is 9.89 Å². The lowest BCUT2D eigenvalue weighted by Gasteiger charge is -2.07. The molecular weight excluding hydrogens is 262 g/mol. The minimum absolute atomic E-state index is 0.0298. The van der Waals surface area contributed by atoms with Crippen molar-refractivity contribution in [3.8, 4) is 0 Å². The van der Waals surface area contributed by atoms with Gasteiger partial charge in [-0.3, -0.25) is 4.79 Å². The monoisotopic (exact) mass is 277 g/mol. The van der Waals surface area contributed by atoms with Crippen molar-refractivity contribution in [1.82, 2.24) is 0 Å². The Morgan fingerprint density at radius 3 is 2.50 bits per heavy atom. The zero-order valence-corrected chi connectivity index (χ0v) is 11.0. The smallest absolute Gasteiger partial charge is 0.364 e. The maximum atomic E-state index is 11.3. The third kappa shape index (κ3) is 4.10. The second-order valence-electron chi connectivity index (χ2n) is 3.85. The number of esters is 1. The molecule has 1 saturated heterocycles. The number of ether oxygens (including phenoxy) is 1. The van der Waals surface area contributed by atoms with Crippen molar-refractivity contribution in [2.45, 2.75) is 26.4 Å². The molecule has 0 aliphatic carbocycles. The second kappa shape index (κ2) is 5.94. The van der Waals surface area contributed by atoms with Gasteiger partial charge in [0, 0.05) is 13.3 Å². The van der Waals surface area contributed by atoms with E-state index in [9.17, 15) is 18.0 Å². The second-order valence-corrected chi connectivity index (χ2v) is 6.08. The molecule has 102 valence electrons. The fourth-order valence-corrected chi connectivity index (χ4v) is 3.00. The molecule has 1 atom stereocenters. The van der Waals surface area contributed by atoms with Crippen LogP contribution in [0.4, 0.5) is 0 Å². The summed E-state index contributed by atoms with van der Waals surface area (Å²) in [6, 6.07) is 0. The summed E-state index contributed by atoms with van der Waals surface area (Å²) >= 11 is 0. The van der Waals surface area contributed by atoms with Gasteiger partial charge in [0.05, 0.1) is 18.1 Å². The molecule has 1 unspecified atom stereocenters. The average Bonchev–Trinajstić information content (AvgIpc) is 2.58. The van der Waals surface area contributed by atoms with Gasteiger partial charge in [0.1, 0.15) is 6.10 Å². The molecule has 1 aliphatic rings. The molecule has 0 aromatic carbocycles. The van der Waals surface area contributed by atoms with Crippen LogP contribution in [0.3, 0.4) is 0 Å². The molecule has 0 spiro atoms. The van der Waals surface area contributed by atoms with E-state index in [1.165, 1.54) is 0 Å². The van der Waals surface area contributed by atoms with Crippen LogP contribution in [0, 0.1) is 0 Å². The van der Waals surface area contributed by atoms with Crippen molar-refractivity contribution in [2.24, 2.45) is 5.16 Å². The Morgan fingerprint density at radius 1 is 1.39 bits per heavy atom. The summed E-state index contributed by atoms with van der Waals surface area (Å²) in [5.41, 5.74) is -0.457. The number of hydrogen-bond acceptors (Lipinski definition) is 7. The highest BCUT2D eigenvalue weighted by Crippen LogP contribution is 2.15. The SMILES string of the molecule is CCOC(=O)C(=NOC1CCS(=O)(=O)C1)C(C)=O. The first kappa shape index (κ1) is 14.6. The Bertz CT molecular complexity index is 467. The van der Waals surface area contributed by atoms with Crippen molar-refractivity contribution in [1.29, 1.82) is 0 Å². The van der Waals surface area contributed by atoms with Crippen LogP contribution in [-0.4, -0.2) is 50.1 Å². The zero-order chi connectivity index (χ0) is 13.8. The van der Waals surface area contributed by atoms with Crippen molar-refractivity contribution < 1.29 is 27.6 Å². The molecule has 0 aromatic heterocycles. The Balaban J connectivity index is 2.67. The molecule has 1 rings (SSSR count). The van der Waals surface area contributed by atoms with E-state index in [-0.39, 0.29) is 18.1 Å². The Labute approximate surface area is 105 Å². The highest BCUT2D eigenvalue weighted by atomic mass is 32.2. The third-order valence-corrected chi connectivity index (χ3v) is 4.02. The van der Waals surface area contributed by atoms with Crippen LogP contribution in [0.15, 0.2) is 5.16 Å². The van der Waals surface area contributed by atoms with Crippen LogP contribution in [0.5, 0.6) is 0 Å². The number of oxime groups is 1. The van der Waals surface area contributed by atoms with Gasteiger partial charge in [-0.2, -0.15) is 0 Å². The van der Waals surface area contributed by atoms with Gasteiger partial charge < -0.3 is 9.57 Å². The zero-order valence-electron chi connectivity index (χ0n) is 10.2. The summed E-state index contributed by atoms with van der Waals surface area (Å²) in [5, 5.41) is 3.42. The van der Waals surface area contributed by atoms with Gasteiger partial charge in [-0.05, 0) is 6.92 Å². The van der Waals surface area contributed by atoms with Crippen LogP contribution in [0.1, 0.15) is 20.3 Å². The van der Waals surface area contributed by atoms with Gasteiger partial charge >= 0.3 is 5.97 Å². The molecule has 0 bridgehead atoms. The minimum Gasteiger partial charge on any atom is -0.461 e. The van der Waals surface area contributed by atoms with Crippen molar-refractivity contribution >= 4 is 27.3 Å². The average molecular weight is 277 g/mol. The predicted octanol–water partition coefficient (Wildman–Crippen LogP) is -0.302. The summed E-state index contributed by atoms with van der Waals surface area (Å²) in [5.74, 6) is -1.58. The summed E-state index contributed by atoms with van der Waals surface area (Å²) in [6.45, 7) is 2.87. The van der Waals surface area contributed by atoms with Crippen molar-refractivity contribution in [2.75, 3.05) is 18.1 Å². The Morgan fingerprint density at radius 2 is 2.06 bits per heavy atom. The summed E-state index contributed by atoms with van der Waals surface area (Å²) in [7, 11) is -3.09. The Hall–Kier alpha value is -1.44. The first-order chi connectivity index (χ1) is 8.35. The number of carbonyl (C=O) groups is 2. The normalized spacial score (nSPS) is 22.6. The van der Waals surface area contributed by atoms with Gasteiger partial charge in [-0.1, -0.05) is 5.16 Å². The van der Waals surface area contributed by atoms with Crippen LogP contribution < -0.4 is 0 Å². The fourth-order valence-electron chi connectivity index (χ4n) is 1.42. The Kier molecular flexibility index (Phi) is 4.83. The van der Waals surface area contributed by atoms with Crippen LogP contribution in [0.25, 0.3) is 0 Å². The molecule has 18 heavy (non-hydrogen) atoms. The van der Waals surface area contributed by atoms with E-state index in [0.717, 1.165) is 6.92 Å². The van der Waals surface area contributed by atoms with E-state index in [4.69, 9.17) is 4.84 Å². The number of Topliss-reactive ketones (excluding diaryl/α,β-unsaturated/α-hetero) is 1. The first-order valence-corrected chi connectivity index (χ1v) is 7.30. The summed E-state index contributed by atoms with van der Waals surface area (Å²) in [4.78, 5) is 27.4. The molecule has 1 heterocycles. The standard InChI is InChI=1S/C10H15NO6S/c1-3-16-10(13)9(7(2)12)11-17-8-4-5-18(14,15)6-8/h8H,3-6H2,1-2H3. The van der Waals surface area contributed by atoms with E-state index < -0.39 is 33.4 Å². The number of hydrogen-bond donors (Lipinski definition) is 0. The molecule has 1 fully saturated rings. The van der Waals surface area contributed by atoms with Gasteiger partial charge in [-0.15, -0.1) is 0 Å². The molecular formula is C10H15NO6S. The first-order valence-electron chi connectivity index (χ1n) is 5.48.